The Balaban J connectivity index is 1.35. The van der Waals surface area contributed by atoms with E-state index >= 15 is 0 Å². The highest BCUT2D eigenvalue weighted by Crippen LogP contribution is 2.48. The molecule has 4 aliphatic rings. The Morgan fingerprint density at radius 1 is 1.22 bits per heavy atom. The maximum Gasteiger partial charge on any atom is 0.321 e. The van der Waals surface area contributed by atoms with Crippen molar-refractivity contribution in [2.75, 3.05) is 51.3 Å². The molecular weight excluding hydrogens is 523 g/mol. The van der Waals surface area contributed by atoms with Crippen molar-refractivity contribution < 1.29 is 18.7 Å². The van der Waals surface area contributed by atoms with Crippen molar-refractivity contribution in [1.82, 2.24) is 19.8 Å². The Kier molecular flexibility index (Phi) is 7.56. The number of hydrogen-bond donors (Lipinski definition) is 0. The van der Waals surface area contributed by atoms with E-state index < -0.39 is 5.60 Å². The molecule has 1 amide bonds. The fourth-order valence-corrected chi connectivity index (χ4v) is 6.99. The number of rotatable bonds is 6. The zero-order chi connectivity index (χ0) is 28.6. The van der Waals surface area contributed by atoms with Crippen molar-refractivity contribution in [3.05, 3.63) is 64.8 Å². The Morgan fingerprint density at radius 3 is 2.88 bits per heavy atom. The molecule has 4 heterocycles. The van der Waals surface area contributed by atoms with Crippen LogP contribution in [0.2, 0.25) is 0 Å². The molecule has 1 aromatic carbocycles. The van der Waals surface area contributed by atoms with Gasteiger partial charge < -0.3 is 29.0 Å². The molecule has 1 spiro atoms. The molecule has 41 heavy (non-hydrogen) atoms. The third-order valence-corrected chi connectivity index (χ3v) is 9.23. The summed E-state index contributed by atoms with van der Waals surface area (Å²) in [5.41, 5.74) is 1.91. The lowest BCUT2D eigenvalue weighted by molar-refractivity contribution is -0.128. The number of hydrogen-bond acceptors (Lipinski definition) is 7. The van der Waals surface area contributed by atoms with Crippen LogP contribution in [-0.4, -0.2) is 84.1 Å². The predicted octanol–water partition coefficient (Wildman–Crippen LogP) is 3.77. The molecule has 2 saturated heterocycles. The zero-order valence-corrected chi connectivity index (χ0v) is 23.6. The molecule has 10 heteroatoms. The summed E-state index contributed by atoms with van der Waals surface area (Å²) in [5, 5.41) is 0. The number of piperazine rings is 1. The molecule has 1 aliphatic carbocycles. The Labute approximate surface area is 240 Å². The third-order valence-electron chi connectivity index (χ3n) is 9.23. The van der Waals surface area contributed by atoms with E-state index in [1.54, 1.807) is 11.0 Å². The summed E-state index contributed by atoms with van der Waals surface area (Å²) < 4.78 is 27.8. The van der Waals surface area contributed by atoms with E-state index in [1.807, 2.05) is 6.07 Å². The van der Waals surface area contributed by atoms with Gasteiger partial charge in [0, 0.05) is 31.2 Å². The van der Waals surface area contributed by atoms with Crippen LogP contribution in [0, 0.1) is 12.4 Å². The van der Waals surface area contributed by atoms with E-state index in [-0.39, 0.29) is 30.3 Å². The van der Waals surface area contributed by atoms with Crippen LogP contribution in [0.4, 0.5) is 10.2 Å². The number of benzene rings is 1. The smallest absolute Gasteiger partial charge is 0.321 e. The average Bonchev–Trinajstić information content (AvgIpc) is 3.40. The van der Waals surface area contributed by atoms with Crippen LogP contribution in [0.15, 0.2) is 30.9 Å². The Hall–Kier alpha value is -3.71. The first kappa shape index (κ1) is 27.5. The van der Waals surface area contributed by atoms with Gasteiger partial charge >= 0.3 is 6.01 Å². The first-order chi connectivity index (χ1) is 19.9. The lowest BCUT2D eigenvalue weighted by Crippen LogP contribution is -2.56. The van der Waals surface area contributed by atoms with Gasteiger partial charge in [0.2, 0.25) is 18.3 Å². The SMILES string of the molecule is [C-]#[N+]C[C@H]1CN(c2nc(OC[C@@H]3CCCN3C)nc3c2CCC2(CCCc4c(F)cccc42)O3)CCN1C(=O)C=C. The average molecular weight is 561 g/mol. The molecule has 6 rings (SSSR count). The molecule has 3 aliphatic heterocycles. The summed E-state index contributed by atoms with van der Waals surface area (Å²) in [6.45, 7) is 14.3. The Morgan fingerprint density at radius 2 is 2.10 bits per heavy atom. The minimum atomic E-state index is -0.640. The number of nitrogens with zero attached hydrogens (tertiary/aromatic N) is 6. The van der Waals surface area contributed by atoms with Crippen molar-refractivity contribution >= 4 is 11.7 Å². The van der Waals surface area contributed by atoms with Gasteiger partial charge in [-0.25, -0.2) is 11.0 Å². The van der Waals surface area contributed by atoms with E-state index in [4.69, 9.17) is 26.0 Å². The van der Waals surface area contributed by atoms with E-state index in [0.29, 0.717) is 57.4 Å². The van der Waals surface area contributed by atoms with Crippen LogP contribution < -0.4 is 14.4 Å². The van der Waals surface area contributed by atoms with Crippen molar-refractivity contribution in [3.63, 3.8) is 0 Å². The molecule has 0 N–H and O–H groups in total. The van der Waals surface area contributed by atoms with Gasteiger partial charge in [0.25, 0.3) is 0 Å². The van der Waals surface area contributed by atoms with Crippen LogP contribution in [-0.2, 0) is 23.2 Å². The van der Waals surface area contributed by atoms with Gasteiger partial charge in [-0.1, -0.05) is 18.7 Å². The number of likely N-dealkylation sites (tertiary alicyclic amines) is 1. The van der Waals surface area contributed by atoms with Crippen molar-refractivity contribution in [2.45, 2.75) is 62.6 Å². The second-order valence-electron chi connectivity index (χ2n) is 11.6. The first-order valence-electron chi connectivity index (χ1n) is 14.6. The van der Waals surface area contributed by atoms with E-state index in [1.165, 1.54) is 12.1 Å². The summed E-state index contributed by atoms with van der Waals surface area (Å²) in [7, 11) is 2.11. The van der Waals surface area contributed by atoms with Crippen molar-refractivity contribution in [1.29, 1.82) is 0 Å². The molecule has 9 nitrogen and oxygen atoms in total. The highest BCUT2D eigenvalue weighted by atomic mass is 19.1. The molecule has 2 aromatic rings. The number of likely N-dealkylation sites (N-methyl/N-ethyl adjacent to an activating group) is 1. The minimum absolute atomic E-state index is 0.166. The molecule has 2 fully saturated rings. The van der Waals surface area contributed by atoms with Gasteiger partial charge in [0.05, 0.1) is 5.56 Å². The minimum Gasteiger partial charge on any atom is -0.466 e. The lowest BCUT2D eigenvalue weighted by Gasteiger charge is -2.44. The molecule has 3 atom stereocenters. The van der Waals surface area contributed by atoms with Crippen molar-refractivity contribution in [2.24, 2.45) is 0 Å². The maximum atomic E-state index is 14.8. The second kappa shape index (κ2) is 11.3. The van der Waals surface area contributed by atoms with Crippen molar-refractivity contribution in [3.8, 4) is 11.9 Å². The molecule has 1 unspecified atom stereocenters. The molecular formula is C31H37FN6O3. The van der Waals surface area contributed by atoms with E-state index in [2.05, 4.69) is 28.3 Å². The molecule has 0 bridgehead atoms. The molecule has 1 aromatic heterocycles. The van der Waals surface area contributed by atoms with Gasteiger partial charge in [-0.05, 0) is 76.2 Å². The quantitative estimate of drug-likeness (QED) is 0.393. The van der Waals surface area contributed by atoms with Gasteiger partial charge in [0.15, 0.2) is 0 Å². The number of ether oxygens (including phenoxy) is 2. The van der Waals surface area contributed by atoms with E-state index in [0.717, 1.165) is 54.7 Å². The Bertz CT molecular complexity index is 1380. The topological polar surface area (TPSA) is 75.4 Å². The summed E-state index contributed by atoms with van der Waals surface area (Å²) in [6.07, 6.45) is 7.22. The van der Waals surface area contributed by atoms with Gasteiger partial charge in [-0.2, -0.15) is 9.97 Å². The van der Waals surface area contributed by atoms with Gasteiger partial charge in [0.1, 0.15) is 29.9 Å². The van der Waals surface area contributed by atoms with Crippen LogP contribution >= 0.6 is 0 Å². The molecule has 216 valence electrons. The van der Waals surface area contributed by atoms with Crippen LogP contribution in [0.3, 0.4) is 0 Å². The summed E-state index contributed by atoms with van der Waals surface area (Å²) >= 11 is 0. The van der Waals surface area contributed by atoms with E-state index in [9.17, 15) is 9.18 Å². The number of carbonyl (C=O) groups excluding carboxylic acids is 1. The van der Waals surface area contributed by atoms with Crippen LogP contribution in [0.1, 0.15) is 48.8 Å². The number of anilines is 1. The largest absolute Gasteiger partial charge is 0.466 e. The fourth-order valence-electron chi connectivity index (χ4n) is 6.99. The standard InChI is InChI=1S/C31H37FN6O3/c1-4-27(39)38-17-16-37(19-22(38)18-33-2)28-24-12-14-31(13-6-9-23-25(31)10-5-11-26(23)32)41-29(24)35-30(34-28)40-20-21-8-7-15-36(21)3/h4-5,10-11,21-22H,1,6-9,12-20H2,3H3/t21-,22-,31?/m0/s1. The zero-order valence-electron chi connectivity index (χ0n) is 23.6. The number of halogens is 1. The first-order valence-corrected chi connectivity index (χ1v) is 14.6. The number of amides is 1. The van der Waals surface area contributed by atoms with Gasteiger partial charge in [-0.15, -0.1) is 0 Å². The highest BCUT2D eigenvalue weighted by molar-refractivity contribution is 5.87. The second-order valence-corrected chi connectivity index (χ2v) is 11.6. The fraction of sp³-hybridized carbons (Fsp3) is 0.548. The number of fused-ring (bicyclic) bond motifs is 3. The third kappa shape index (κ3) is 5.12. The molecule has 0 radical (unpaired) electrons. The number of carbonyl (C=O) groups is 1. The summed E-state index contributed by atoms with van der Waals surface area (Å²) in [5.74, 6) is 0.873. The highest BCUT2D eigenvalue weighted by Gasteiger charge is 2.45. The molecule has 0 saturated carbocycles. The summed E-state index contributed by atoms with van der Waals surface area (Å²) in [6, 6.07) is 5.56. The number of aromatic nitrogens is 2. The van der Waals surface area contributed by atoms with Gasteiger partial charge in [-0.3, -0.25) is 4.79 Å². The van der Waals surface area contributed by atoms with Crippen LogP contribution in [0.5, 0.6) is 11.9 Å². The lowest BCUT2D eigenvalue weighted by atomic mass is 9.74. The summed E-state index contributed by atoms with van der Waals surface area (Å²) in [4.78, 5) is 32.0. The monoisotopic (exact) mass is 560 g/mol. The normalized spacial score (nSPS) is 25.7. The van der Waals surface area contributed by atoms with Crippen LogP contribution in [0.25, 0.3) is 4.85 Å². The predicted molar refractivity (Wildman–Crippen MR) is 153 cm³/mol. The maximum absolute atomic E-state index is 14.8.